The molecule has 2 aliphatic rings. The van der Waals surface area contributed by atoms with E-state index in [0.29, 0.717) is 0 Å². The molecule has 0 nitrogen and oxygen atoms in total. The van der Waals surface area contributed by atoms with Crippen molar-refractivity contribution in [2.75, 3.05) is 0 Å². The zero-order valence-electron chi connectivity index (χ0n) is 9.00. The molecule has 0 heterocycles. The smallest absolute Gasteiger partial charge is 0.273 e. The van der Waals surface area contributed by atoms with Gasteiger partial charge in [-0.2, -0.15) is 29.3 Å². The van der Waals surface area contributed by atoms with Crippen molar-refractivity contribution in [3.05, 3.63) is 53.6 Å². The summed E-state index contributed by atoms with van der Waals surface area (Å²) in [6.07, 6.45) is 15.4. The summed E-state index contributed by atoms with van der Waals surface area (Å²) in [6, 6.07) is 6.69. The molecule has 0 amide bonds. The Morgan fingerprint density at radius 3 is 2.67 bits per heavy atom. The third kappa shape index (κ3) is 3.99. The van der Waals surface area contributed by atoms with E-state index in [1.807, 2.05) is 12.2 Å². The minimum atomic E-state index is 0. The van der Waals surface area contributed by atoms with Gasteiger partial charge in [0.2, 0.25) is 0 Å². The molecule has 1 aromatic carbocycles. The molecule has 0 fully saturated rings. The van der Waals surface area contributed by atoms with Gasteiger partial charge in [-0.25, -0.2) is 18.2 Å². The monoisotopic (exact) mass is 274 g/mol. The molecule has 0 radical (unpaired) electrons. The fourth-order valence-electron chi connectivity index (χ4n) is 1.95. The van der Waals surface area contributed by atoms with Gasteiger partial charge in [0, 0.05) is 0 Å². The van der Waals surface area contributed by atoms with Crippen LogP contribution >= 0.6 is 0 Å². The first-order valence-electron chi connectivity index (χ1n) is 5.42. The zero-order valence-corrected chi connectivity index (χ0v) is 11.5. The van der Waals surface area contributed by atoms with Crippen LogP contribution in [0.2, 0.25) is 0 Å². The van der Waals surface area contributed by atoms with Gasteiger partial charge in [-0.15, -0.1) is 6.42 Å². The van der Waals surface area contributed by atoms with Crippen LogP contribution in [0.15, 0.2) is 36.4 Å². The van der Waals surface area contributed by atoms with Gasteiger partial charge < -0.3 is 0 Å². The van der Waals surface area contributed by atoms with E-state index in [2.05, 4.69) is 30.4 Å². The Bertz CT molecular complexity index is 300. The maximum absolute atomic E-state index is 2.99. The van der Waals surface area contributed by atoms with Crippen molar-refractivity contribution in [2.45, 2.75) is 32.1 Å². The van der Waals surface area contributed by atoms with Crippen LogP contribution in [0.25, 0.3) is 0 Å². The van der Waals surface area contributed by atoms with Crippen molar-refractivity contribution in [2.24, 2.45) is 0 Å². The average molecular weight is 276 g/mol. The van der Waals surface area contributed by atoms with Crippen molar-refractivity contribution in [1.29, 1.82) is 0 Å². The normalized spacial score (nSPS) is 16.3. The summed E-state index contributed by atoms with van der Waals surface area (Å²) in [5, 5.41) is 0. The van der Waals surface area contributed by atoms with Gasteiger partial charge in [-0.3, -0.25) is 6.08 Å². The third-order valence-electron chi connectivity index (χ3n) is 2.74. The largest absolute Gasteiger partial charge is 2.00 e. The molecule has 0 aromatic heterocycles. The average Bonchev–Trinajstić information content (AvgIpc) is 2.92. The van der Waals surface area contributed by atoms with Gasteiger partial charge in [0.15, 0.2) is 0 Å². The predicted molar refractivity (Wildman–Crippen MR) is 60.2 cm³/mol. The Morgan fingerprint density at radius 1 is 1.20 bits per heavy atom. The fraction of sp³-hybridized carbons (Fsp3) is 0.357. The van der Waals surface area contributed by atoms with Crippen molar-refractivity contribution >= 4 is 0 Å². The number of hydrogen-bond donors (Lipinski definition) is 0. The molecular formula is C14H16Zr. The Kier molecular flexibility index (Phi) is 6.02. The minimum Gasteiger partial charge on any atom is -0.273 e. The van der Waals surface area contributed by atoms with Gasteiger partial charge in [0.05, 0.1) is 0 Å². The number of fused-ring (bicyclic) bond motifs is 1. The van der Waals surface area contributed by atoms with Crippen molar-refractivity contribution in [3.63, 3.8) is 0 Å². The first-order chi connectivity index (χ1) is 6.97. The summed E-state index contributed by atoms with van der Waals surface area (Å²) >= 11 is 0. The van der Waals surface area contributed by atoms with Crippen LogP contribution in [0, 0.1) is 6.08 Å². The maximum Gasteiger partial charge on any atom is 2.00 e. The minimum absolute atomic E-state index is 0. The molecule has 1 heteroatoms. The van der Waals surface area contributed by atoms with E-state index in [4.69, 9.17) is 0 Å². The van der Waals surface area contributed by atoms with Crippen LogP contribution in [-0.4, -0.2) is 0 Å². The number of aryl methyl sites for hydroxylation is 2. The Labute approximate surface area is 112 Å². The molecule has 0 aliphatic heterocycles. The first kappa shape index (κ1) is 12.8. The van der Waals surface area contributed by atoms with Crippen LogP contribution in [-0.2, 0) is 39.0 Å². The summed E-state index contributed by atoms with van der Waals surface area (Å²) in [4.78, 5) is 0. The summed E-state index contributed by atoms with van der Waals surface area (Å²) in [7, 11) is 0. The second kappa shape index (κ2) is 7.06. The van der Waals surface area contributed by atoms with Gasteiger partial charge in [-0.05, 0) is 0 Å². The van der Waals surface area contributed by atoms with E-state index in [-0.39, 0.29) is 26.2 Å². The van der Waals surface area contributed by atoms with Crippen LogP contribution in [0.3, 0.4) is 0 Å². The number of hydrogen-bond acceptors (Lipinski definition) is 0. The molecule has 2 aliphatic carbocycles. The van der Waals surface area contributed by atoms with Gasteiger partial charge in [-0.1, -0.05) is 25.7 Å². The molecule has 15 heavy (non-hydrogen) atoms. The molecule has 0 spiro atoms. The second-order valence-electron chi connectivity index (χ2n) is 3.79. The summed E-state index contributed by atoms with van der Waals surface area (Å²) in [5.74, 6) is 0. The molecule has 0 unspecified atom stereocenters. The Morgan fingerprint density at radius 2 is 2.07 bits per heavy atom. The van der Waals surface area contributed by atoms with Crippen molar-refractivity contribution < 1.29 is 26.2 Å². The van der Waals surface area contributed by atoms with Crippen LogP contribution in [0.5, 0.6) is 0 Å². The third-order valence-corrected chi connectivity index (χ3v) is 2.74. The van der Waals surface area contributed by atoms with Crippen LogP contribution in [0.1, 0.15) is 30.4 Å². The quantitative estimate of drug-likeness (QED) is 0.635. The molecular weight excluding hydrogens is 259 g/mol. The summed E-state index contributed by atoms with van der Waals surface area (Å²) in [5.41, 5.74) is 3.20. The number of allylic oxidation sites excluding steroid dienone is 4. The maximum atomic E-state index is 2.99. The van der Waals surface area contributed by atoms with Crippen LogP contribution < -0.4 is 0 Å². The topological polar surface area (TPSA) is 0 Å². The predicted octanol–water partition coefficient (Wildman–Crippen LogP) is 3.59. The molecule has 0 bridgehead atoms. The molecule has 76 valence electrons. The van der Waals surface area contributed by atoms with E-state index in [9.17, 15) is 0 Å². The molecule has 0 saturated carbocycles. The molecule has 0 saturated heterocycles. The Balaban J connectivity index is 0.000000162. The summed E-state index contributed by atoms with van der Waals surface area (Å²) in [6.45, 7) is 0. The van der Waals surface area contributed by atoms with Crippen molar-refractivity contribution in [3.8, 4) is 0 Å². The van der Waals surface area contributed by atoms with E-state index in [1.165, 1.54) is 25.7 Å². The van der Waals surface area contributed by atoms with E-state index in [0.717, 1.165) is 6.42 Å². The molecule has 1 aromatic rings. The Hall–Kier alpha value is -0.287. The molecule has 0 N–H and O–H groups in total. The molecule has 0 atom stereocenters. The summed E-state index contributed by atoms with van der Waals surface area (Å²) < 4.78 is 0. The van der Waals surface area contributed by atoms with E-state index >= 15 is 0 Å². The second-order valence-corrected chi connectivity index (χ2v) is 3.79. The SMILES string of the molecule is [C-]1=CC=CC1.[Zr+2].c1cc2c([cH-]1)CCCC2. The number of rotatable bonds is 0. The first-order valence-corrected chi connectivity index (χ1v) is 5.42. The fourth-order valence-corrected chi connectivity index (χ4v) is 1.95. The van der Waals surface area contributed by atoms with Crippen molar-refractivity contribution in [1.82, 2.24) is 0 Å². The van der Waals surface area contributed by atoms with E-state index in [1.54, 1.807) is 11.1 Å². The van der Waals surface area contributed by atoms with Gasteiger partial charge in [0.25, 0.3) is 0 Å². The van der Waals surface area contributed by atoms with Crippen LogP contribution in [0.4, 0.5) is 0 Å². The van der Waals surface area contributed by atoms with E-state index < -0.39 is 0 Å². The zero-order chi connectivity index (χ0) is 9.64. The standard InChI is InChI=1S/C9H11.C5H5.Zr/c1-2-5-9-7-3-6-8(9)4-1;1-2-4-5-3-1;/h3,6-7H,1-2,4-5H2;1-3H,4H2;/q2*-1;+2. The molecule has 3 rings (SSSR count). The van der Waals surface area contributed by atoms with Gasteiger partial charge in [0.1, 0.15) is 0 Å². The van der Waals surface area contributed by atoms with Gasteiger partial charge >= 0.3 is 26.2 Å².